The Hall–Kier alpha value is -1.85. The first kappa shape index (κ1) is 14.6. The molecule has 106 valence electrons. The van der Waals surface area contributed by atoms with Crippen LogP contribution in [0.4, 0.5) is 0 Å². The molecule has 0 saturated heterocycles. The molecule has 0 aliphatic heterocycles. The van der Waals surface area contributed by atoms with Crippen LogP contribution in [0.15, 0.2) is 36.5 Å². The Balaban J connectivity index is 2.08. The van der Waals surface area contributed by atoms with Crippen LogP contribution in [0.1, 0.15) is 23.0 Å². The summed E-state index contributed by atoms with van der Waals surface area (Å²) in [5.41, 5.74) is -0.237. The molecular formula is C14H16ClN3O2. The number of aliphatic hydroxyl groups is 1. The van der Waals surface area contributed by atoms with Gasteiger partial charge in [-0.1, -0.05) is 29.8 Å². The number of aryl methyl sites for hydroxylation is 1. The average molecular weight is 294 g/mol. The minimum atomic E-state index is -1.24. The summed E-state index contributed by atoms with van der Waals surface area (Å²) in [6.07, 6.45) is 1.54. The van der Waals surface area contributed by atoms with Crippen LogP contribution in [0.2, 0.25) is 5.02 Å². The first-order valence-corrected chi connectivity index (χ1v) is 6.53. The lowest BCUT2D eigenvalue weighted by molar-refractivity contribution is 0.0524. The van der Waals surface area contributed by atoms with Gasteiger partial charge in [-0.3, -0.25) is 9.48 Å². The van der Waals surface area contributed by atoms with Crippen molar-refractivity contribution >= 4 is 17.5 Å². The number of carbonyl (C=O) groups excluding carboxylic acids is 1. The van der Waals surface area contributed by atoms with E-state index in [1.807, 2.05) is 0 Å². The molecule has 0 aliphatic rings. The van der Waals surface area contributed by atoms with E-state index in [2.05, 4.69) is 10.4 Å². The van der Waals surface area contributed by atoms with Crippen LogP contribution < -0.4 is 5.32 Å². The first-order chi connectivity index (χ1) is 9.42. The predicted octanol–water partition coefficient (Wildman–Crippen LogP) is 1.71. The summed E-state index contributed by atoms with van der Waals surface area (Å²) in [4.78, 5) is 12.0. The zero-order chi connectivity index (χ0) is 14.8. The third kappa shape index (κ3) is 3.00. The van der Waals surface area contributed by atoms with Crippen LogP contribution in [0, 0.1) is 0 Å². The minimum absolute atomic E-state index is 0.0563. The molecule has 2 aromatic rings. The number of nitrogens with zero attached hydrogens (tertiary/aromatic N) is 2. The molecule has 2 N–H and O–H groups in total. The summed E-state index contributed by atoms with van der Waals surface area (Å²) in [5.74, 6) is -0.294. The van der Waals surface area contributed by atoms with Gasteiger partial charge in [-0.25, -0.2) is 0 Å². The second kappa shape index (κ2) is 5.64. The molecule has 6 heteroatoms. The Kier molecular flexibility index (Phi) is 4.11. The summed E-state index contributed by atoms with van der Waals surface area (Å²) in [6, 6.07) is 8.63. The van der Waals surface area contributed by atoms with Gasteiger partial charge in [-0.2, -0.15) is 5.10 Å². The average Bonchev–Trinajstić information content (AvgIpc) is 2.83. The topological polar surface area (TPSA) is 67.2 Å². The van der Waals surface area contributed by atoms with E-state index in [4.69, 9.17) is 11.6 Å². The standard InChI is InChI=1S/C14H16ClN3O2/c1-14(20,10-5-3-4-6-11(10)15)9-16-13(19)12-7-8-17-18(12)2/h3-8,20H,9H2,1-2H3,(H,16,19)/t14-/m0/s1. The maximum Gasteiger partial charge on any atom is 0.269 e. The van der Waals surface area contributed by atoms with Crippen LogP contribution in [-0.2, 0) is 12.6 Å². The highest BCUT2D eigenvalue weighted by Gasteiger charge is 2.26. The summed E-state index contributed by atoms with van der Waals surface area (Å²) in [7, 11) is 1.68. The fraction of sp³-hybridized carbons (Fsp3) is 0.286. The van der Waals surface area contributed by atoms with Gasteiger partial charge in [-0.15, -0.1) is 0 Å². The predicted molar refractivity (Wildman–Crippen MR) is 76.6 cm³/mol. The van der Waals surface area contributed by atoms with Crippen LogP contribution in [-0.4, -0.2) is 27.3 Å². The second-order valence-electron chi connectivity index (χ2n) is 4.78. The van der Waals surface area contributed by atoms with Gasteiger partial charge in [0.1, 0.15) is 11.3 Å². The molecule has 0 unspecified atom stereocenters. The molecule has 20 heavy (non-hydrogen) atoms. The lowest BCUT2D eigenvalue weighted by Crippen LogP contribution is -2.39. The molecule has 0 fully saturated rings. The fourth-order valence-corrected chi connectivity index (χ4v) is 2.27. The highest BCUT2D eigenvalue weighted by atomic mass is 35.5. The van der Waals surface area contributed by atoms with Crippen molar-refractivity contribution in [2.75, 3.05) is 6.54 Å². The Morgan fingerprint density at radius 2 is 2.15 bits per heavy atom. The van der Waals surface area contributed by atoms with Gasteiger partial charge in [0, 0.05) is 23.8 Å². The molecule has 5 nitrogen and oxygen atoms in total. The number of rotatable bonds is 4. The second-order valence-corrected chi connectivity index (χ2v) is 5.18. The first-order valence-electron chi connectivity index (χ1n) is 6.15. The van der Waals surface area contributed by atoms with E-state index in [-0.39, 0.29) is 12.5 Å². The number of benzene rings is 1. The van der Waals surface area contributed by atoms with Gasteiger partial charge < -0.3 is 10.4 Å². The van der Waals surface area contributed by atoms with Crippen molar-refractivity contribution in [3.63, 3.8) is 0 Å². The van der Waals surface area contributed by atoms with E-state index in [1.54, 1.807) is 50.5 Å². The molecule has 0 aliphatic carbocycles. The third-order valence-corrected chi connectivity index (χ3v) is 3.43. The SMILES string of the molecule is Cn1nccc1C(=O)NC[C@](C)(O)c1ccccc1Cl. The lowest BCUT2D eigenvalue weighted by Gasteiger charge is -2.25. The van der Waals surface area contributed by atoms with Crippen molar-refractivity contribution in [2.45, 2.75) is 12.5 Å². The zero-order valence-electron chi connectivity index (χ0n) is 11.3. The molecule has 0 radical (unpaired) electrons. The van der Waals surface area contributed by atoms with E-state index in [9.17, 15) is 9.90 Å². The third-order valence-electron chi connectivity index (χ3n) is 3.10. The van der Waals surface area contributed by atoms with Crippen molar-refractivity contribution in [2.24, 2.45) is 7.05 Å². The number of hydrogen-bond acceptors (Lipinski definition) is 3. The monoisotopic (exact) mass is 293 g/mol. The molecular weight excluding hydrogens is 278 g/mol. The van der Waals surface area contributed by atoms with Crippen molar-refractivity contribution in [3.8, 4) is 0 Å². The molecule has 2 rings (SSSR count). The van der Waals surface area contributed by atoms with Gasteiger partial charge in [0.2, 0.25) is 0 Å². The van der Waals surface area contributed by atoms with E-state index in [0.717, 1.165) is 0 Å². The summed E-state index contributed by atoms with van der Waals surface area (Å²) < 4.78 is 1.47. The van der Waals surface area contributed by atoms with Crippen LogP contribution in [0.3, 0.4) is 0 Å². The highest BCUT2D eigenvalue weighted by molar-refractivity contribution is 6.31. The van der Waals surface area contributed by atoms with Crippen LogP contribution in [0.5, 0.6) is 0 Å². The zero-order valence-corrected chi connectivity index (χ0v) is 12.1. The number of carbonyl (C=O) groups is 1. The summed E-state index contributed by atoms with van der Waals surface area (Å²) in [5, 5.41) is 17.5. The van der Waals surface area contributed by atoms with Gasteiger partial charge in [0.15, 0.2) is 0 Å². The van der Waals surface area contributed by atoms with E-state index < -0.39 is 5.60 Å². The van der Waals surface area contributed by atoms with Gasteiger partial charge in [0.25, 0.3) is 5.91 Å². The van der Waals surface area contributed by atoms with Gasteiger partial charge in [-0.05, 0) is 19.1 Å². The van der Waals surface area contributed by atoms with Crippen molar-refractivity contribution in [1.29, 1.82) is 0 Å². The van der Waals surface area contributed by atoms with E-state index in [0.29, 0.717) is 16.3 Å². The lowest BCUT2D eigenvalue weighted by atomic mass is 9.96. The number of nitrogens with one attached hydrogen (secondary N) is 1. The fourth-order valence-electron chi connectivity index (χ4n) is 1.93. The smallest absolute Gasteiger partial charge is 0.269 e. The molecule has 0 bridgehead atoms. The molecule has 1 aromatic carbocycles. The van der Waals surface area contributed by atoms with E-state index >= 15 is 0 Å². The van der Waals surface area contributed by atoms with Crippen LogP contribution >= 0.6 is 11.6 Å². The number of hydrogen-bond donors (Lipinski definition) is 2. The van der Waals surface area contributed by atoms with Crippen molar-refractivity contribution in [3.05, 3.63) is 52.8 Å². The Morgan fingerprint density at radius 1 is 1.45 bits per heavy atom. The highest BCUT2D eigenvalue weighted by Crippen LogP contribution is 2.27. The number of halogens is 1. The van der Waals surface area contributed by atoms with E-state index in [1.165, 1.54) is 4.68 Å². The van der Waals surface area contributed by atoms with Gasteiger partial charge >= 0.3 is 0 Å². The van der Waals surface area contributed by atoms with Crippen molar-refractivity contribution < 1.29 is 9.90 Å². The Bertz CT molecular complexity index is 622. The normalized spacial score (nSPS) is 13.8. The quantitative estimate of drug-likeness (QED) is 0.902. The number of aromatic nitrogens is 2. The Labute approximate surface area is 122 Å². The van der Waals surface area contributed by atoms with Crippen molar-refractivity contribution in [1.82, 2.24) is 15.1 Å². The molecule has 0 spiro atoms. The molecule has 1 atom stereocenters. The van der Waals surface area contributed by atoms with Gasteiger partial charge in [0.05, 0.1) is 6.54 Å². The maximum atomic E-state index is 12.0. The molecule has 1 heterocycles. The molecule has 0 saturated carbocycles. The molecule has 1 amide bonds. The maximum absolute atomic E-state index is 12.0. The van der Waals surface area contributed by atoms with Crippen LogP contribution in [0.25, 0.3) is 0 Å². The molecule has 1 aromatic heterocycles. The summed E-state index contributed by atoms with van der Waals surface area (Å²) >= 11 is 6.06. The summed E-state index contributed by atoms with van der Waals surface area (Å²) in [6.45, 7) is 1.67. The Morgan fingerprint density at radius 3 is 2.75 bits per heavy atom. The minimum Gasteiger partial charge on any atom is -0.384 e. The number of amides is 1. The largest absolute Gasteiger partial charge is 0.384 e.